The van der Waals surface area contributed by atoms with Crippen molar-refractivity contribution in [3.05, 3.63) is 69.3 Å². The largest absolute Gasteiger partial charge is 0.478 e. The highest BCUT2D eigenvalue weighted by Gasteiger charge is 2.22. The van der Waals surface area contributed by atoms with E-state index in [9.17, 15) is 29.6 Å². The predicted molar refractivity (Wildman–Crippen MR) is 148 cm³/mol. The Hall–Kier alpha value is -3.79. The fourth-order valence-electron chi connectivity index (χ4n) is 3.99. The molecule has 0 aromatic heterocycles. The average molecular weight is 558 g/mol. The summed E-state index contributed by atoms with van der Waals surface area (Å²) < 4.78 is 17.4. The van der Waals surface area contributed by atoms with E-state index in [4.69, 9.17) is 14.2 Å². The Morgan fingerprint density at radius 3 is 2.23 bits per heavy atom. The van der Waals surface area contributed by atoms with Crippen LogP contribution in [0.25, 0.3) is 0 Å². The highest BCUT2D eigenvalue weighted by Crippen LogP contribution is 2.25. The van der Waals surface area contributed by atoms with E-state index >= 15 is 0 Å². The highest BCUT2D eigenvalue weighted by molar-refractivity contribution is 5.95. The number of carboxylic acids is 1. The van der Waals surface area contributed by atoms with Crippen LogP contribution in [0.1, 0.15) is 105 Å². The van der Waals surface area contributed by atoms with Crippen molar-refractivity contribution in [3.63, 3.8) is 0 Å². The molecule has 0 spiro atoms. The molecule has 40 heavy (non-hydrogen) atoms. The van der Waals surface area contributed by atoms with E-state index in [1.807, 2.05) is 0 Å². The van der Waals surface area contributed by atoms with Crippen molar-refractivity contribution >= 4 is 23.9 Å². The topological polar surface area (TPSA) is 142 Å². The van der Waals surface area contributed by atoms with Crippen LogP contribution in [0.15, 0.2) is 42.5 Å². The van der Waals surface area contributed by atoms with Crippen LogP contribution in [0.4, 0.5) is 5.69 Å². The second-order valence-electron chi connectivity index (χ2n) is 10.5. The van der Waals surface area contributed by atoms with Gasteiger partial charge in [0.15, 0.2) is 6.29 Å². The third kappa shape index (κ3) is 11.9. The maximum absolute atomic E-state index is 12.7. The van der Waals surface area contributed by atoms with E-state index in [1.165, 1.54) is 24.3 Å². The molecule has 0 radical (unpaired) electrons. The summed E-state index contributed by atoms with van der Waals surface area (Å²) in [5, 5.41) is 21.0. The second-order valence-corrected chi connectivity index (χ2v) is 10.5. The Kier molecular flexibility index (Phi) is 13.2. The molecule has 0 saturated carbocycles. The van der Waals surface area contributed by atoms with E-state index in [0.29, 0.717) is 18.4 Å². The van der Waals surface area contributed by atoms with Gasteiger partial charge in [0.1, 0.15) is 17.6 Å². The second kappa shape index (κ2) is 16.3. The maximum Gasteiger partial charge on any atom is 0.338 e. The molecule has 10 heteroatoms. The van der Waals surface area contributed by atoms with Crippen molar-refractivity contribution in [1.82, 2.24) is 0 Å². The number of carbonyl (C=O) groups excluding carboxylic acids is 2. The number of nitro groups is 1. The highest BCUT2D eigenvalue weighted by atomic mass is 16.7. The van der Waals surface area contributed by atoms with Crippen LogP contribution in [0, 0.1) is 10.1 Å². The molecule has 2 rings (SSSR count). The number of carboxylic acid groups (broad SMARTS) is 1. The van der Waals surface area contributed by atoms with E-state index in [-0.39, 0.29) is 29.2 Å². The van der Waals surface area contributed by atoms with Crippen LogP contribution < -0.4 is 4.74 Å². The zero-order valence-corrected chi connectivity index (χ0v) is 23.4. The summed E-state index contributed by atoms with van der Waals surface area (Å²) in [5.74, 6) is -1.81. The molecule has 0 bridgehead atoms. The summed E-state index contributed by atoms with van der Waals surface area (Å²) in [6, 6.07) is 10.2. The Balaban J connectivity index is 2.15. The number of aromatic carboxylic acids is 1. The molecule has 0 saturated heterocycles. The molecule has 0 aliphatic rings. The molecular weight excluding hydrogens is 518 g/mol. The number of benzene rings is 2. The minimum atomic E-state index is -1.24. The zero-order valence-electron chi connectivity index (χ0n) is 23.4. The molecule has 0 heterocycles. The smallest absolute Gasteiger partial charge is 0.338 e. The number of ether oxygens (including phenoxy) is 3. The first-order chi connectivity index (χ1) is 19.0. The van der Waals surface area contributed by atoms with Crippen molar-refractivity contribution in [2.45, 2.75) is 97.1 Å². The van der Waals surface area contributed by atoms with Crippen LogP contribution in [0.5, 0.6) is 5.75 Å². The van der Waals surface area contributed by atoms with Crippen molar-refractivity contribution in [2.24, 2.45) is 0 Å². The van der Waals surface area contributed by atoms with Gasteiger partial charge >= 0.3 is 11.9 Å². The lowest BCUT2D eigenvalue weighted by atomic mass is 10.1. The number of carbonyl (C=O) groups is 3. The number of esters is 1. The fourth-order valence-corrected chi connectivity index (χ4v) is 3.99. The number of hydrogen-bond acceptors (Lipinski definition) is 8. The summed E-state index contributed by atoms with van der Waals surface area (Å²) in [7, 11) is 0. The third-order valence-corrected chi connectivity index (χ3v) is 5.93. The first-order valence-electron chi connectivity index (χ1n) is 13.6. The number of unbranched alkanes of at least 4 members (excludes halogenated alkanes) is 7. The van der Waals surface area contributed by atoms with Crippen molar-refractivity contribution < 1.29 is 38.6 Å². The van der Waals surface area contributed by atoms with Gasteiger partial charge in [0.2, 0.25) is 0 Å². The fraction of sp³-hybridized carbons (Fsp3) is 0.500. The number of rotatable bonds is 18. The first-order valence-corrected chi connectivity index (χ1v) is 13.6. The molecule has 1 N–H and O–H groups in total. The summed E-state index contributed by atoms with van der Waals surface area (Å²) >= 11 is 0. The van der Waals surface area contributed by atoms with Gasteiger partial charge in [-0.3, -0.25) is 10.1 Å². The summed E-state index contributed by atoms with van der Waals surface area (Å²) in [4.78, 5) is 45.8. The zero-order chi connectivity index (χ0) is 29.5. The molecule has 0 aliphatic heterocycles. The van der Waals surface area contributed by atoms with Gasteiger partial charge in [0, 0.05) is 18.9 Å². The Morgan fingerprint density at radius 2 is 1.60 bits per heavy atom. The molecule has 1 atom stereocenters. The van der Waals surface area contributed by atoms with Crippen LogP contribution in [-0.4, -0.2) is 40.1 Å². The van der Waals surface area contributed by atoms with Gasteiger partial charge in [-0.1, -0.05) is 44.2 Å². The Labute approximate surface area is 234 Å². The molecule has 1 unspecified atom stereocenters. The summed E-state index contributed by atoms with van der Waals surface area (Å²) in [5.41, 5.74) is -0.592. The van der Waals surface area contributed by atoms with Crippen molar-refractivity contribution in [2.75, 3.05) is 0 Å². The number of hydrogen-bond donors (Lipinski definition) is 1. The Bertz CT molecular complexity index is 1140. The van der Waals surface area contributed by atoms with Gasteiger partial charge in [0.05, 0.1) is 28.2 Å². The van der Waals surface area contributed by atoms with Crippen molar-refractivity contribution in [3.8, 4) is 5.75 Å². The quantitative estimate of drug-likeness (QED) is 0.0518. The number of aldehydes is 1. The van der Waals surface area contributed by atoms with Gasteiger partial charge < -0.3 is 24.1 Å². The van der Waals surface area contributed by atoms with E-state index in [1.54, 1.807) is 39.0 Å². The lowest BCUT2D eigenvalue weighted by Gasteiger charge is -2.22. The van der Waals surface area contributed by atoms with E-state index in [2.05, 4.69) is 0 Å². The van der Waals surface area contributed by atoms with Gasteiger partial charge in [-0.15, -0.1) is 0 Å². The Morgan fingerprint density at radius 1 is 0.975 bits per heavy atom. The van der Waals surface area contributed by atoms with Crippen LogP contribution in [0.2, 0.25) is 0 Å². The number of nitrogens with zero attached hydrogens (tertiary/aromatic N) is 1. The molecular formula is C30H39NO9. The summed E-state index contributed by atoms with van der Waals surface area (Å²) in [6.45, 7) is 5.04. The molecule has 218 valence electrons. The van der Waals surface area contributed by atoms with Crippen LogP contribution >= 0.6 is 0 Å². The van der Waals surface area contributed by atoms with Gasteiger partial charge in [-0.25, -0.2) is 9.59 Å². The van der Waals surface area contributed by atoms with Crippen molar-refractivity contribution in [1.29, 1.82) is 0 Å². The molecule has 0 amide bonds. The van der Waals surface area contributed by atoms with Crippen LogP contribution in [-0.2, 0) is 20.9 Å². The van der Waals surface area contributed by atoms with E-state index < -0.39 is 28.8 Å². The lowest BCUT2D eigenvalue weighted by Crippen LogP contribution is -2.24. The normalized spacial score (nSPS) is 12.0. The molecule has 0 fully saturated rings. The molecule has 2 aromatic rings. The number of para-hydroxylation sites is 1. The SMILES string of the molecule is CC(C)(C)OC(=O)c1cc(OC(CCCCCCCCCC=O)OCc2ccccc2[N+](=O)[O-])cc(C(=O)O)c1. The molecule has 2 aromatic carbocycles. The predicted octanol–water partition coefficient (Wildman–Crippen LogP) is 6.88. The minimum absolute atomic E-state index is 0.0249. The van der Waals surface area contributed by atoms with Gasteiger partial charge in [-0.2, -0.15) is 0 Å². The average Bonchev–Trinajstić information content (AvgIpc) is 2.89. The van der Waals surface area contributed by atoms with Gasteiger partial charge in [0.25, 0.3) is 5.69 Å². The molecule has 0 aliphatic carbocycles. The first kappa shape index (κ1) is 32.4. The lowest BCUT2D eigenvalue weighted by molar-refractivity contribution is -0.386. The van der Waals surface area contributed by atoms with E-state index in [0.717, 1.165) is 51.2 Å². The van der Waals surface area contributed by atoms with Crippen LogP contribution in [0.3, 0.4) is 0 Å². The summed E-state index contributed by atoms with van der Waals surface area (Å²) in [6.07, 6.45) is 7.79. The monoisotopic (exact) mass is 557 g/mol. The molecule has 10 nitrogen and oxygen atoms in total. The van der Waals surface area contributed by atoms with Gasteiger partial charge in [-0.05, 0) is 57.9 Å². The standard InChI is InChI=1S/C30H39NO9/c1-30(2,3)40-29(35)24-18-23(28(33)34)19-25(20-24)39-27(16-10-8-6-4-5-7-9-13-17-32)38-21-22-14-11-12-15-26(22)31(36)37/h11-12,14-15,17-20,27H,4-10,13,16,21H2,1-3H3,(H,33,34). The number of nitro benzene ring substituents is 1. The maximum atomic E-state index is 12.7. The minimum Gasteiger partial charge on any atom is -0.478 e. The third-order valence-electron chi connectivity index (χ3n) is 5.93.